The van der Waals surface area contributed by atoms with E-state index in [2.05, 4.69) is 32.0 Å². The number of hydrogen-bond donors (Lipinski definition) is 3. The number of aryl methyl sites for hydroxylation is 1. The third-order valence-corrected chi connectivity index (χ3v) is 15.5. The molecule has 0 unspecified atom stereocenters. The van der Waals surface area contributed by atoms with Crippen LogP contribution in [-0.2, 0) is 135 Å². The molecule has 0 aliphatic rings. The van der Waals surface area contributed by atoms with Crippen molar-refractivity contribution < 1.29 is 138 Å². The van der Waals surface area contributed by atoms with Crippen molar-refractivity contribution in [1.29, 1.82) is 0 Å². The van der Waals surface area contributed by atoms with Crippen LogP contribution in [0.15, 0.2) is 71.8 Å². The van der Waals surface area contributed by atoms with Crippen LogP contribution in [-0.4, -0.2) is 346 Å². The van der Waals surface area contributed by atoms with Gasteiger partial charge in [0.1, 0.15) is 6.54 Å². The third-order valence-electron chi connectivity index (χ3n) is 15.5. The molecule has 0 aliphatic heterocycles. The number of anilines is 1. The Balaban J connectivity index is 0.731. The molecule has 0 spiro atoms. The number of rotatable bonds is 84. The third kappa shape index (κ3) is 54.5. The smallest absolute Gasteiger partial charge is 0.372 e. The summed E-state index contributed by atoms with van der Waals surface area (Å²) in [5.74, 6) is -2.33. The van der Waals surface area contributed by atoms with Gasteiger partial charge in [-0.2, -0.15) is 4.57 Å². The van der Waals surface area contributed by atoms with E-state index in [0.29, 0.717) is 335 Å². The van der Waals surface area contributed by atoms with Gasteiger partial charge < -0.3 is 130 Å². The van der Waals surface area contributed by atoms with E-state index in [1.54, 1.807) is 0 Å². The monoisotopic (exact) mass is 1580 g/mol. The average molecular weight is 1580 g/mol. The number of azide groups is 1. The number of nitrogens with one attached hydrogen (secondary N) is 1. The number of nitrogens with two attached hydrogens (primary N) is 1. The molecule has 0 aliphatic carbocycles. The number of ketones is 1. The number of hydrogen-bond acceptors (Lipinski definition) is 29. The van der Waals surface area contributed by atoms with Crippen molar-refractivity contribution >= 4 is 50.7 Å². The van der Waals surface area contributed by atoms with Crippen molar-refractivity contribution in [3.63, 3.8) is 0 Å². The number of Topliss-reactive ketones (excluding diaryl/α,β-unsaturated/α-hetero) is 1. The Morgan fingerprint density at radius 2 is 0.658 bits per heavy atom. The highest BCUT2D eigenvalue weighted by molar-refractivity contribution is 6.32. The topological polar surface area (TPSA) is 384 Å². The van der Waals surface area contributed by atoms with Crippen LogP contribution in [0.1, 0.15) is 32.1 Å². The van der Waals surface area contributed by atoms with Gasteiger partial charge in [-0.25, -0.2) is 4.79 Å². The van der Waals surface area contributed by atoms with Crippen molar-refractivity contribution in [1.82, 2.24) is 5.32 Å². The van der Waals surface area contributed by atoms with E-state index in [9.17, 15) is 14.4 Å². The van der Waals surface area contributed by atoms with Crippen molar-refractivity contribution in [2.24, 2.45) is 5.11 Å². The van der Waals surface area contributed by atoms with Crippen LogP contribution < -0.4 is 15.6 Å². The maximum atomic E-state index is 12.6. The predicted molar refractivity (Wildman–Crippen MR) is 409 cm³/mol. The fourth-order valence-electron chi connectivity index (χ4n) is 10.00. The number of aliphatic carboxylic acids is 1. The Morgan fingerprint density at radius 3 is 0.973 bits per heavy atom. The molecule has 0 bridgehead atoms. The van der Waals surface area contributed by atoms with Crippen LogP contribution in [0, 0.1) is 0 Å². The number of aromatic nitrogens is 1. The number of carboxylic acid groups (broad SMARTS) is 1. The number of ether oxygens (including phenoxy) is 24. The lowest BCUT2D eigenvalue weighted by molar-refractivity contribution is -0.659. The van der Waals surface area contributed by atoms with Gasteiger partial charge in [0.25, 0.3) is 0 Å². The number of nitrogens with zero attached hydrogens (tertiary/aromatic N) is 4. The zero-order valence-electron chi connectivity index (χ0n) is 65.1. The van der Waals surface area contributed by atoms with Crippen molar-refractivity contribution in [3.8, 4) is 11.3 Å². The second kappa shape index (κ2) is 73.0. The first kappa shape index (κ1) is 97.5. The highest BCUT2D eigenvalue weighted by atomic mass is 16.6. The summed E-state index contributed by atoms with van der Waals surface area (Å²) in [5.41, 5.74) is 19.8. The number of benzene rings is 3. The predicted octanol–water partition coefficient (Wildman–Crippen LogP) is 5.59. The number of carboxylic acids is 1. The number of carbonyl (C=O) groups excluding carboxylic acids is 2. The Bertz CT molecular complexity index is 2930. The summed E-state index contributed by atoms with van der Waals surface area (Å²) in [6, 6.07) is 21.9. The first-order chi connectivity index (χ1) is 54.9. The maximum absolute atomic E-state index is 12.6. The Hall–Kier alpha value is -5.91. The maximum Gasteiger partial charge on any atom is 0.372 e. The number of nitrogen functional groups attached to an aromatic ring is 1. The van der Waals surface area contributed by atoms with E-state index < -0.39 is 11.8 Å². The second-order valence-corrected chi connectivity index (χ2v) is 23.9. The van der Waals surface area contributed by atoms with Gasteiger partial charge in [0.2, 0.25) is 22.9 Å². The zero-order valence-corrected chi connectivity index (χ0v) is 65.1. The van der Waals surface area contributed by atoms with Gasteiger partial charge in [-0.15, -0.1) is 0 Å². The number of amides is 1. The molecule has 111 heavy (non-hydrogen) atoms. The standard InChI is InChI=1S/C77H124N6O28/c78-68-10-12-71-70-13-11-69(81-82-79)66-72(70)76(67-7-3-1-4-8-67)83(73(71)65-68)16-6-2-5-9-75(85)80-15-18-89-20-22-91-24-26-93-28-30-95-32-34-97-36-38-99-40-42-101-44-46-103-48-50-105-52-54-107-56-58-109-60-62-111-64-63-110-61-59-108-57-55-106-53-51-104-49-47-102-45-43-100-41-39-98-37-35-96-33-31-94-29-27-92-25-23-90-21-19-88-17-14-74(84)77(86)87/h1,3-4,7-8,10-13,65-66,78H,2,5-6,9,14-64H2,(H2,80,85,86,87)/p+1. The molecule has 4 aromatic rings. The van der Waals surface area contributed by atoms with E-state index >= 15 is 0 Å². The van der Waals surface area contributed by atoms with E-state index in [0.717, 1.165) is 52.2 Å². The molecule has 1 heterocycles. The molecule has 0 radical (unpaired) electrons. The Morgan fingerprint density at radius 1 is 0.351 bits per heavy atom. The van der Waals surface area contributed by atoms with Crippen LogP contribution in [0.2, 0.25) is 0 Å². The fourth-order valence-corrected chi connectivity index (χ4v) is 10.00. The quantitative estimate of drug-likeness (QED) is 0.00708. The molecule has 0 saturated heterocycles. The molecule has 34 heteroatoms. The first-order valence-electron chi connectivity index (χ1n) is 38.6. The van der Waals surface area contributed by atoms with Gasteiger partial charge in [0.15, 0.2) is 0 Å². The largest absolute Gasteiger partial charge is 0.475 e. The molecule has 1 amide bonds. The molecular weight excluding hydrogens is 1460 g/mol. The minimum Gasteiger partial charge on any atom is -0.475 e. The molecule has 0 fully saturated rings. The minimum absolute atomic E-state index is 0.00236. The Labute approximate surface area is 652 Å². The number of pyridine rings is 1. The van der Waals surface area contributed by atoms with Crippen LogP contribution in [0.3, 0.4) is 0 Å². The number of unbranched alkanes of at least 4 members (excludes halogenated alkanes) is 2. The second-order valence-electron chi connectivity index (χ2n) is 23.9. The number of fused-ring (bicyclic) bond motifs is 3. The minimum atomic E-state index is -1.45. The van der Waals surface area contributed by atoms with E-state index in [-0.39, 0.29) is 25.5 Å². The van der Waals surface area contributed by atoms with E-state index in [1.807, 2.05) is 54.6 Å². The zero-order chi connectivity index (χ0) is 78.7. The van der Waals surface area contributed by atoms with Crippen molar-refractivity contribution in [2.75, 3.05) is 329 Å². The number of carbonyl (C=O) groups is 3. The SMILES string of the molecule is [N-]=[N+]=Nc1ccc2c(c1)c(-c1ccccc1)[n+](CCCCCC(=O)NCCOCCOCCOCCOCCOCCOCCOCCOCCOCCOCCOCCOCCOCCOCCOCCOCCOCCOCCOCCOCCOCCOCCOCCOCCC(=O)C(=O)O)c1cc(N)ccc21. The van der Waals surface area contributed by atoms with Crippen LogP contribution in [0.5, 0.6) is 0 Å². The Kier molecular flexibility index (Phi) is 64.1. The van der Waals surface area contributed by atoms with Gasteiger partial charge in [-0.3, -0.25) is 9.59 Å². The molecule has 1 aromatic heterocycles. The summed E-state index contributed by atoms with van der Waals surface area (Å²) in [6.45, 7) is 22.3. The summed E-state index contributed by atoms with van der Waals surface area (Å²) in [4.78, 5) is 37.0. The van der Waals surface area contributed by atoms with Crippen LogP contribution >= 0.6 is 0 Å². The van der Waals surface area contributed by atoms with Crippen LogP contribution in [0.4, 0.5) is 11.4 Å². The lowest BCUT2D eigenvalue weighted by atomic mass is 9.98. The summed E-state index contributed by atoms with van der Waals surface area (Å²) >= 11 is 0. The van der Waals surface area contributed by atoms with Crippen LogP contribution in [0.25, 0.3) is 43.4 Å². The summed E-state index contributed by atoms with van der Waals surface area (Å²) < 4.78 is 134. The molecule has 0 atom stereocenters. The first-order valence-corrected chi connectivity index (χ1v) is 38.6. The highest BCUT2D eigenvalue weighted by Crippen LogP contribution is 2.35. The summed E-state index contributed by atoms with van der Waals surface area (Å²) in [7, 11) is 0. The lowest BCUT2D eigenvalue weighted by Gasteiger charge is -2.13. The molecule has 0 saturated carbocycles. The van der Waals surface area contributed by atoms with Gasteiger partial charge in [-0.1, -0.05) is 35.4 Å². The molecule has 4 N–H and O–H groups in total. The normalized spacial score (nSPS) is 11.6. The lowest BCUT2D eigenvalue weighted by Crippen LogP contribution is -2.37. The van der Waals surface area contributed by atoms with Gasteiger partial charge in [0, 0.05) is 59.1 Å². The fraction of sp³-hybridized carbons (Fsp3) is 0.714. The van der Waals surface area contributed by atoms with Gasteiger partial charge in [0.05, 0.1) is 328 Å². The molecule has 4 rings (SSSR count). The van der Waals surface area contributed by atoms with E-state index in [1.165, 1.54) is 0 Å². The van der Waals surface area contributed by atoms with E-state index in [4.69, 9.17) is 130 Å². The molecular formula is C77H125N6O28+. The summed E-state index contributed by atoms with van der Waals surface area (Å²) in [5, 5.41) is 18.4. The van der Waals surface area contributed by atoms with Gasteiger partial charge in [-0.05, 0) is 48.7 Å². The van der Waals surface area contributed by atoms with Crippen molar-refractivity contribution in [2.45, 2.75) is 38.6 Å². The van der Waals surface area contributed by atoms with Gasteiger partial charge >= 0.3 is 5.97 Å². The molecule has 3 aromatic carbocycles. The summed E-state index contributed by atoms with van der Waals surface area (Å²) in [6.07, 6.45) is 2.73. The molecule has 630 valence electrons. The average Bonchev–Trinajstić information content (AvgIpc) is 0.741. The van der Waals surface area contributed by atoms with Crippen molar-refractivity contribution in [3.05, 3.63) is 77.2 Å². The highest BCUT2D eigenvalue weighted by Gasteiger charge is 2.24. The molecule has 34 nitrogen and oxygen atoms in total.